The Kier molecular flexibility index (Phi) is 3.85. The van der Waals surface area contributed by atoms with Crippen molar-refractivity contribution in [2.24, 2.45) is 5.41 Å². The molecule has 0 aromatic heterocycles. The topological polar surface area (TPSA) is 49.3 Å². The summed E-state index contributed by atoms with van der Waals surface area (Å²) in [6.45, 7) is 5.01. The molecule has 1 aromatic rings. The normalized spacial score (nSPS) is 14.8. The minimum atomic E-state index is -0.730. The fraction of sp³-hybridized carbons (Fsp3) is 0.500. The third kappa shape index (κ3) is 3.42. The van der Waals surface area contributed by atoms with E-state index in [-0.39, 0.29) is 11.8 Å². The zero-order valence-electron chi connectivity index (χ0n) is 10.8. The van der Waals surface area contributed by atoms with Gasteiger partial charge in [0.2, 0.25) is 0 Å². The van der Waals surface area contributed by atoms with Crippen LogP contribution >= 0.6 is 11.8 Å². The van der Waals surface area contributed by atoms with E-state index in [1.54, 1.807) is 0 Å². The molecule has 98 valence electrons. The van der Waals surface area contributed by atoms with Gasteiger partial charge in [-0.1, -0.05) is 19.9 Å². The third-order valence-electron chi connectivity index (χ3n) is 3.03. The van der Waals surface area contributed by atoms with Gasteiger partial charge in [-0.3, -0.25) is 4.79 Å². The maximum absolute atomic E-state index is 10.8. The smallest absolute Gasteiger partial charge is 0.303 e. The lowest BCUT2D eigenvalue weighted by molar-refractivity contribution is -0.139. The first kappa shape index (κ1) is 13.3. The van der Waals surface area contributed by atoms with Gasteiger partial charge < -0.3 is 10.4 Å². The van der Waals surface area contributed by atoms with Gasteiger partial charge in [0, 0.05) is 22.9 Å². The van der Waals surface area contributed by atoms with Crippen molar-refractivity contribution in [3.63, 3.8) is 0 Å². The molecule has 1 aromatic carbocycles. The third-order valence-corrected chi connectivity index (χ3v) is 4.11. The molecule has 0 aliphatic carbocycles. The molecule has 0 unspecified atom stereocenters. The monoisotopic (exact) mass is 265 g/mol. The van der Waals surface area contributed by atoms with Gasteiger partial charge in [-0.25, -0.2) is 0 Å². The summed E-state index contributed by atoms with van der Waals surface area (Å²) in [5.41, 5.74) is 2.19. The molecule has 18 heavy (non-hydrogen) atoms. The lowest BCUT2D eigenvalue weighted by Gasteiger charge is -2.24. The quantitative estimate of drug-likeness (QED) is 0.877. The van der Waals surface area contributed by atoms with Gasteiger partial charge in [0.1, 0.15) is 0 Å². The molecule has 0 saturated carbocycles. The molecule has 1 aliphatic heterocycles. The molecule has 0 fully saturated rings. The Labute approximate surface area is 112 Å². The number of benzene rings is 1. The summed E-state index contributed by atoms with van der Waals surface area (Å²) in [5.74, 6) is 0.378. The van der Waals surface area contributed by atoms with Crippen molar-refractivity contribution in [2.45, 2.75) is 31.6 Å². The minimum absolute atomic E-state index is 0.201. The average molecular weight is 265 g/mol. The number of aliphatic carboxylic acids is 1. The minimum Gasteiger partial charge on any atom is -0.481 e. The van der Waals surface area contributed by atoms with Gasteiger partial charge >= 0.3 is 5.97 Å². The Morgan fingerprint density at radius 3 is 3.00 bits per heavy atom. The molecule has 2 N–H and O–H groups in total. The fourth-order valence-corrected chi connectivity index (χ4v) is 3.20. The van der Waals surface area contributed by atoms with Crippen LogP contribution in [0, 0.1) is 5.41 Å². The van der Waals surface area contributed by atoms with E-state index in [1.165, 1.54) is 16.1 Å². The molecule has 0 amide bonds. The number of nitrogens with one attached hydrogen (secondary N) is 1. The highest BCUT2D eigenvalue weighted by Gasteiger charge is 2.22. The molecule has 0 radical (unpaired) electrons. The van der Waals surface area contributed by atoms with E-state index in [4.69, 9.17) is 5.11 Å². The molecule has 4 heteroatoms. The lowest BCUT2D eigenvalue weighted by Crippen LogP contribution is -2.20. The maximum Gasteiger partial charge on any atom is 0.303 e. The number of thioether (sulfide) groups is 1. The predicted molar refractivity (Wildman–Crippen MR) is 75.4 cm³/mol. The number of hydrogen-bond donors (Lipinski definition) is 2. The standard InChI is InChI=1S/C14H19NO2S/c1-14(2,9-13(16)17)8-10-3-4-12-11(7-10)15-5-6-18-12/h3-4,7,15H,5-6,8-9H2,1-2H3,(H,16,17). The summed E-state index contributed by atoms with van der Waals surface area (Å²) in [6, 6.07) is 6.41. The Bertz CT molecular complexity index is 457. The van der Waals surface area contributed by atoms with E-state index < -0.39 is 5.97 Å². The fourth-order valence-electron chi connectivity index (χ4n) is 2.32. The van der Waals surface area contributed by atoms with Gasteiger partial charge in [-0.05, 0) is 29.5 Å². The van der Waals surface area contributed by atoms with Crippen LogP contribution in [0.2, 0.25) is 0 Å². The Hall–Kier alpha value is -1.16. The zero-order valence-corrected chi connectivity index (χ0v) is 11.6. The highest BCUT2D eigenvalue weighted by molar-refractivity contribution is 7.99. The van der Waals surface area contributed by atoms with Gasteiger partial charge in [0.05, 0.1) is 6.42 Å². The number of hydrogen-bond acceptors (Lipinski definition) is 3. The summed E-state index contributed by atoms with van der Waals surface area (Å²) in [7, 11) is 0. The van der Waals surface area contributed by atoms with Crippen LogP contribution in [-0.2, 0) is 11.2 Å². The number of fused-ring (bicyclic) bond motifs is 1. The van der Waals surface area contributed by atoms with Crippen LogP contribution in [0.15, 0.2) is 23.1 Å². The van der Waals surface area contributed by atoms with E-state index in [0.717, 1.165) is 18.7 Å². The van der Waals surface area contributed by atoms with Crippen molar-refractivity contribution in [3.05, 3.63) is 23.8 Å². The Balaban J connectivity index is 2.12. The van der Waals surface area contributed by atoms with Crippen molar-refractivity contribution in [1.29, 1.82) is 0 Å². The van der Waals surface area contributed by atoms with Crippen LogP contribution in [0.5, 0.6) is 0 Å². The molecule has 0 atom stereocenters. The number of carboxylic acids is 1. The highest BCUT2D eigenvalue weighted by Crippen LogP contribution is 2.34. The molecule has 2 rings (SSSR count). The van der Waals surface area contributed by atoms with E-state index >= 15 is 0 Å². The molecule has 1 heterocycles. The zero-order chi connectivity index (χ0) is 13.2. The molecular formula is C14H19NO2S. The van der Waals surface area contributed by atoms with Crippen LogP contribution < -0.4 is 5.32 Å². The largest absolute Gasteiger partial charge is 0.481 e. The van der Waals surface area contributed by atoms with Crippen molar-refractivity contribution in [1.82, 2.24) is 0 Å². The molecule has 0 bridgehead atoms. The van der Waals surface area contributed by atoms with Crippen molar-refractivity contribution >= 4 is 23.4 Å². The summed E-state index contributed by atoms with van der Waals surface area (Å²) in [5, 5.41) is 12.3. The van der Waals surface area contributed by atoms with E-state index in [1.807, 2.05) is 25.6 Å². The van der Waals surface area contributed by atoms with Crippen LogP contribution in [0.1, 0.15) is 25.8 Å². The maximum atomic E-state index is 10.8. The average Bonchev–Trinajstić information content (AvgIpc) is 2.26. The summed E-state index contributed by atoms with van der Waals surface area (Å²) < 4.78 is 0. The number of carboxylic acid groups (broad SMARTS) is 1. The summed E-state index contributed by atoms with van der Waals surface area (Å²) in [6.07, 6.45) is 0.991. The first-order valence-corrected chi connectivity index (χ1v) is 7.16. The van der Waals surface area contributed by atoms with E-state index in [2.05, 4.69) is 23.5 Å². The molecular weight excluding hydrogens is 246 g/mol. The van der Waals surface area contributed by atoms with Crippen molar-refractivity contribution in [2.75, 3.05) is 17.6 Å². The molecule has 0 spiro atoms. The van der Waals surface area contributed by atoms with Crippen LogP contribution in [0.4, 0.5) is 5.69 Å². The lowest BCUT2D eigenvalue weighted by atomic mass is 9.82. The van der Waals surface area contributed by atoms with Gasteiger partial charge in [0.25, 0.3) is 0 Å². The summed E-state index contributed by atoms with van der Waals surface area (Å²) >= 11 is 1.87. The molecule has 0 saturated heterocycles. The molecule has 3 nitrogen and oxygen atoms in total. The SMILES string of the molecule is CC(C)(CC(=O)O)Cc1ccc2c(c1)NCCS2. The second-order valence-corrected chi connectivity index (χ2v) is 6.65. The van der Waals surface area contributed by atoms with Crippen LogP contribution in [0.3, 0.4) is 0 Å². The first-order chi connectivity index (χ1) is 8.46. The number of rotatable bonds is 4. The van der Waals surface area contributed by atoms with Crippen molar-refractivity contribution in [3.8, 4) is 0 Å². The van der Waals surface area contributed by atoms with Gasteiger partial charge in [-0.2, -0.15) is 0 Å². The predicted octanol–water partition coefficient (Wildman–Crippen LogP) is 3.25. The molecule has 1 aliphatic rings. The Morgan fingerprint density at radius 2 is 2.28 bits per heavy atom. The second-order valence-electron chi connectivity index (χ2n) is 5.52. The van der Waals surface area contributed by atoms with E-state index in [9.17, 15) is 4.79 Å². The van der Waals surface area contributed by atoms with E-state index in [0.29, 0.717) is 0 Å². The van der Waals surface area contributed by atoms with Crippen molar-refractivity contribution < 1.29 is 9.90 Å². The summed E-state index contributed by atoms with van der Waals surface area (Å²) in [4.78, 5) is 12.1. The second kappa shape index (κ2) is 5.22. The number of carbonyl (C=O) groups is 1. The van der Waals surface area contributed by atoms with Crippen LogP contribution in [0.25, 0.3) is 0 Å². The first-order valence-electron chi connectivity index (χ1n) is 6.18. The highest BCUT2D eigenvalue weighted by atomic mass is 32.2. The van der Waals surface area contributed by atoms with Crippen LogP contribution in [-0.4, -0.2) is 23.4 Å². The Morgan fingerprint density at radius 1 is 1.50 bits per heavy atom. The number of anilines is 1. The van der Waals surface area contributed by atoms with Gasteiger partial charge in [-0.15, -0.1) is 11.8 Å². The van der Waals surface area contributed by atoms with Gasteiger partial charge in [0.15, 0.2) is 0 Å².